The number of nitrogens with one attached hydrogen (secondary N) is 1. The number of nitrogens with zero attached hydrogens (tertiary/aromatic N) is 2. The molecule has 20 heavy (non-hydrogen) atoms. The molecule has 0 unspecified atom stereocenters. The van der Waals surface area contributed by atoms with E-state index in [0.717, 1.165) is 18.2 Å². The first kappa shape index (κ1) is 14.5. The second-order valence-corrected chi connectivity index (χ2v) is 4.69. The van der Waals surface area contributed by atoms with Gasteiger partial charge in [-0.05, 0) is 37.1 Å². The molecule has 6 heteroatoms. The van der Waals surface area contributed by atoms with Gasteiger partial charge in [-0.2, -0.15) is 9.37 Å². The summed E-state index contributed by atoms with van der Waals surface area (Å²) in [4.78, 5) is 7.86. The zero-order valence-electron chi connectivity index (χ0n) is 11.3. The van der Waals surface area contributed by atoms with Crippen LogP contribution >= 0.6 is 11.6 Å². The van der Waals surface area contributed by atoms with Crippen LogP contribution in [-0.4, -0.2) is 16.5 Å². The Labute approximate surface area is 122 Å². The molecule has 0 bridgehead atoms. The second kappa shape index (κ2) is 6.52. The Morgan fingerprint density at radius 1 is 1.40 bits per heavy atom. The van der Waals surface area contributed by atoms with E-state index in [-0.39, 0.29) is 5.88 Å². The molecule has 2 aromatic rings. The average molecular weight is 296 g/mol. The molecule has 4 nitrogen and oxygen atoms in total. The molecule has 0 saturated carbocycles. The van der Waals surface area contributed by atoms with Crippen molar-refractivity contribution in [3.05, 3.63) is 40.8 Å². The highest BCUT2D eigenvalue weighted by atomic mass is 35.5. The monoisotopic (exact) mass is 295 g/mol. The number of halogens is 2. The maximum Gasteiger partial charge on any atom is 0.260 e. The van der Waals surface area contributed by atoms with E-state index < -0.39 is 5.82 Å². The van der Waals surface area contributed by atoms with Crippen LogP contribution in [0.1, 0.15) is 18.9 Å². The first-order valence-corrected chi connectivity index (χ1v) is 6.68. The molecule has 2 rings (SSSR count). The number of benzene rings is 1. The molecule has 0 atom stereocenters. The quantitative estimate of drug-likeness (QED) is 0.898. The predicted octanol–water partition coefficient (Wildman–Crippen LogP) is 4.19. The number of hydrogen-bond acceptors (Lipinski definition) is 4. The van der Waals surface area contributed by atoms with Gasteiger partial charge in [-0.3, -0.25) is 0 Å². The number of anilines is 1. The Hall–Kier alpha value is -1.88. The minimum atomic E-state index is -0.611. The topological polar surface area (TPSA) is 47.0 Å². The number of hydrogen-bond donors (Lipinski definition) is 1. The molecule has 0 amide bonds. The summed E-state index contributed by atoms with van der Waals surface area (Å²) >= 11 is 5.93. The molecule has 1 aromatic heterocycles. The Morgan fingerprint density at radius 2 is 2.20 bits per heavy atom. The van der Waals surface area contributed by atoms with Crippen molar-refractivity contribution >= 4 is 17.5 Å². The van der Waals surface area contributed by atoms with Gasteiger partial charge >= 0.3 is 0 Å². The molecule has 0 aliphatic carbocycles. The SMILES string of the molecule is CCCNc1ncc(F)c(Oc2ccc(Cl)c(C)c2)n1. The molecule has 1 N–H and O–H groups in total. The van der Waals surface area contributed by atoms with E-state index in [2.05, 4.69) is 15.3 Å². The van der Waals surface area contributed by atoms with E-state index in [0.29, 0.717) is 23.3 Å². The lowest BCUT2D eigenvalue weighted by molar-refractivity contribution is 0.420. The van der Waals surface area contributed by atoms with Crippen molar-refractivity contribution in [2.45, 2.75) is 20.3 Å². The van der Waals surface area contributed by atoms with E-state index >= 15 is 0 Å². The summed E-state index contributed by atoms with van der Waals surface area (Å²) < 4.78 is 19.1. The maximum absolute atomic E-state index is 13.7. The number of rotatable bonds is 5. The Bertz CT molecular complexity index is 607. The van der Waals surface area contributed by atoms with Crippen molar-refractivity contribution in [1.82, 2.24) is 9.97 Å². The third kappa shape index (κ3) is 3.57. The standard InChI is InChI=1S/C14H15ClFN3O/c1-3-6-17-14-18-8-12(16)13(19-14)20-10-4-5-11(15)9(2)7-10/h4-5,7-8H,3,6H2,1-2H3,(H,17,18,19). The molecule has 0 spiro atoms. The normalized spacial score (nSPS) is 10.4. The zero-order chi connectivity index (χ0) is 14.5. The van der Waals surface area contributed by atoms with Crippen LogP contribution in [0.5, 0.6) is 11.6 Å². The highest BCUT2D eigenvalue weighted by Crippen LogP contribution is 2.26. The Kier molecular flexibility index (Phi) is 4.74. The molecule has 0 saturated heterocycles. The van der Waals surface area contributed by atoms with Crippen molar-refractivity contribution in [1.29, 1.82) is 0 Å². The van der Waals surface area contributed by atoms with Gasteiger partial charge in [-0.25, -0.2) is 4.98 Å². The van der Waals surface area contributed by atoms with E-state index in [1.54, 1.807) is 18.2 Å². The van der Waals surface area contributed by atoms with E-state index in [4.69, 9.17) is 16.3 Å². The van der Waals surface area contributed by atoms with Crippen LogP contribution in [-0.2, 0) is 0 Å². The minimum absolute atomic E-state index is 0.111. The van der Waals surface area contributed by atoms with E-state index in [1.807, 2.05) is 13.8 Å². The van der Waals surface area contributed by atoms with Crippen molar-refractivity contribution < 1.29 is 9.13 Å². The van der Waals surface area contributed by atoms with E-state index in [9.17, 15) is 4.39 Å². The fourth-order valence-electron chi connectivity index (χ4n) is 1.54. The van der Waals surface area contributed by atoms with Gasteiger partial charge in [0.1, 0.15) is 5.75 Å². The maximum atomic E-state index is 13.7. The summed E-state index contributed by atoms with van der Waals surface area (Å²) in [6.45, 7) is 4.58. The lowest BCUT2D eigenvalue weighted by Crippen LogP contribution is -2.05. The average Bonchev–Trinajstić information content (AvgIpc) is 2.44. The molecular weight excluding hydrogens is 281 g/mol. The van der Waals surface area contributed by atoms with Crippen molar-refractivity contribution in [3.63, 3.8) is 0 Å². The summed E-state index contributed by atoms with van der Waals surface area (Å²) in [6.07, 6.45) is 2.01. The van der Waals surface area contributed by atoms with Gasteiger partial charge in [0.25, 0.3) is 5.88 Å². The fourth-order valence-corrected chi connectivity index (χ4v) is 1.65. The van der Waals surface area contributed by atoms with Gasteiger partial charge in [0.2, 0.25) is 11.8 Å². The molecule has 1 heterocycles. The summed E-state index contributed by atoms with van der Waals surface area (Å²) in [6, 6.07) is 5.08. The smallest absolute Gasteiger partial charge is 0.260 e. The third-order valence-corrected chi connectivity index (χ3v) is 3.01. The number of aromatic nitrogens is 2. The first-order valence-electron chi connectivity index (χ1n) is 6.30. The summed E-state index contributed by atoms with van der Waals surface area (Å²) in [7, 11) is 0. The fraction of sp³-hybridized carbons (Fsp3) is 0.286. The van der Waals surface area contributed by atoms with Crippen molar-refractivity contribution in [3.8, 4) is 11.6 Å². The van der Waals surface area contributed by atoms with Gasteiger partial charge in [-0.1, -0.05) is 18.5 Å². The van der Waals surface area contributed by atoms with Crippen LogP contribution in [0.2, 0.25) is 5.02 Å². The molecule has 0 fully saturated rings. The Balaban J connectivity index is 2.20. The van der Waals surface area contributed by atoms with Crippen LogP contribution in [0.3, 0.4) is 0 Å². The first-order chi connectivity index (χ1) is 9.60. The van der Waals surface area contributed by atoms with Gasteiger partial charge in [0.05, 0.1) is 6.20 Å². The van der Waals surface area contributed by atoms with Crippen LogP contribution in [0.4, 0.5) is 10.3 Å². The molecule has 106 valence electrons. The van der Waals surface area contributed by atoms with Crippen LogP contribution in [0.15, 0.2) is 24.4 Å². The number of aryl methyl sites for hydroxylation is 1. The highest BCUT2D eigenvalue weighted by Gasteiger charge is 2.10. The lowest BCUT2D eigenvalue weighted by Gasteiger charge is -2.09. The van der Waals surface area contributed by atoms with Crippen LogP contribution < -0.4 is 10.1 Å². The van der Waals surface area contributed by atoms with E-state index in [1.165, 1.54) is 0 Å². The van der Waals surface area contributed by atoms with Gasteiger partial charge in [0.15, 0.2) is 0 Å². The molecule has 0 aliphatic heterocycles. The zero-order valence-corrected chi connectivity index (χ0v) is 12.0. The lowest BCUT2D eigenvalue weighted by atomic mass is 10.2. The summed E-state index contributed by atoms with van der Waals surface area (Å²) in [5.74, 6) is 0.0971. The van der Waals surface area contributed by atoms with Gasteiger partial charge < -0.3 is 10.1 Å². The number of ether oxygens (including phenoxy) is 1. The minimum Gasteiger partial charge on any atom is -0.436 e. The highest BCUT2D eigenvalue weighted by molar-refractivity contribution is 6.31. The Morgan fingerprint density at radius 3 is 2.90 bits per heavy atom. The van der Waals surface area contributed by atoms with Gasteiger partial charge in [0, 0.05) is 11.6 Å². The second-order valence-electron chi connectivity index (χ2n) is 4.29. The van der Waals surface area contributed by atoms with Crippen LogP contribution in [0.25, 0.3) is 0 Å². The van der Waals surface area contributed by atoms with Crippen molar-refractivity contribution in [2.75, 3.05) is 11.9 Å². The molecule has 1 aromatic carbocycles. The molecule has 0 radical (unpaired) electrons. The summed E-state index contributed by atoms with van der Waals surface area (Å²) in [5, 5.41) is 3.61. The predicted molar refractivity (Wildman–Crippen MR) is 77.0 cm³/mol. The summed E-state index contributed by atoms with van der Waals surface area (Å²) in [5.41, 5.74) is 0.850. The van der Waals surface area contributed by atoms with Crippen LogP contribution in [0, 0.1) is 12.7 Å². The van der Waals surface area contributed by atoms with Gasteiger partial charge in [-0.15, -0.1) is 0 Å². The third-order valence-electron chi connectivity index (χ3n) is 2.59. The largest absolute Gasteiger partial charge is 0.436 e. The van der Waals surface area contributed by atoms with Crippen molar-refractivity contribution in [2.24, 2.45) is 0 Å². The molecular formula is C14H15ClFN3O. The molecule has 0 aliphatic rings.